The molecule has 3 rings (SSSR count). The molecule has 1 aliphatic heterocycles. The van der Waals surface area contributed by atoms with Crippen molar-refractivity contribution in [2.45, 2.75) is 13.0 Å². The summed E-state index contributed by atoms with van der Waals surface area (Å²) in [6, 6.07) is 4.45. The molecule has 120 valence electrons. The number of aromatic nitrogens is 3. The summed E-state index contributed by atoms with van der Waals surface area (Å²) < 4.78 is 1.31. The van der Waals surface area contributed by atoms with Crippen molar-refractivity contribution >= 4 is 11.6 Å². The van der Waals surface area contributed by atoms with Crippen molar-refractivity contribution in [3.05, 3.63) is 46.5 Å². The lowest BCUT2D eigenvalue weighted by Gasteiger charge is -2.34. The summed E-state index contributed by atoms with van der Waals surface area (Å²) in [5.74, 6) is -0.202. The molecule has 1 amide bonds. The maximum Gasteiger partial charge on any atom is 0.295 e. The van der Waals surface area contributed by atoms with Gasteiger partial charge in [0.25, 0.3) is 11.6 Å². The van der Waals surface area contributed by atoms with Crippen LogP contribution in [0.25, 0.3) is 5.69 Å². The topological polar surface area (TPSA) is 106 Å². The summed E-state index contributed by atoms with van der Waals surface area (Å²) in [5, 5.41) is 18.5. The van der Waals surface area contributed by atoms with E-state index in [0.717, 1.165) is 6.54 Å². The van der Waals surface area contributed by atoms with E-state index in [1.807, 2.05) is 6.92 Å². The molecule has 0 aliphatic carbocycles. The van der Waals surface area contributed by atoms with Gasteiger partial charge in [-0.3, -0.25) is 14.9 Å². The van der Waals surface area contributed by atoms with E-state index >= 15 is 0 Å². The van der Waals surface area contributed by atoms with E-state index in [0.29, 0.717) is 18.7 Å². The minimum Gasteiger partial charge on any atom is -0.333 e. The Morgan fingerprint density at radius 1 is 1.48 bits per heavy atom. The number of rotatable bonds is 3. The van der Waals surface area contributed by atoms with Gasteiger partial charge in [0.2, 0.25) is 0 Å². The van der Waals surface area contributed by atoms with Crippen molar-refractivity contribution in [1.82, 2.24) is 25.0 Å². The second-order valence-corrected chi connectivity index (χ2v) is 5.35. The molecule has 0 radical (unpaired) electrons. The number of carbonyl (C=O) groups excluding carboxylic acids is 1. The highest BCUT2D eigenvalue weighted by molar-refractivity contribution is 5.95. The summed E-state index contributed by atoms with van der Waals surface area (Å²) >= 11 is 0. The van der Waals surface area contributed by atoms with Gasteiger partial charge in [-0.2, -0.15) is 5.10 Å². The van der Waals surface area contributed by atoms with E-state index in [4.69, 9.17) is 0 Å². The van der Waals surface area contributed by atoms with Gasteiger partial charge in [0.05, 0.1) is 4.92 Å². The molecule has 0 saturated carbocycles. The zero-order chi connectivity index (χ0) is 16.4. The summed E-state index contributed by atoms with van der Waals surface area (Å²) in [6.07, 6.45) is 2.67. The highest BCUT2D eigenvalue weighted by atomic mass is 16.6. The van der Waals surface area contributed by atoms with Crippen LogP contribution < -0.4 is 5.32 Å². The van der Waals surface area contributed by atoms with Crippen LogP contribution in [-0.4, -0.2) is 56.2 Å². The van der Waals surface area contributed by atoms with Crippen molar-refractivity contribution in [3.8, 4) is 5.69 Å². The van der Waals surface area contributed by atoms with Gasteiger partial charge in [0.1, 0.15) is 18.3 Å². The third-order valence-electron chi connectivity index (χ3n) is 3.85. The molecule has 9 nitrogen and oxygen atoms in total. The van der Waals surface area contributed by atoms with Crippen molar-refractivity contribution in [3.63, 3.8) is 0 Å². The minimum atomic E-state index is -0.519. The molecule has 1 aromatic heterocycles. The number of piperazine rings is 1. The van der Waals surface area contributed by atoms with Crippen LogP contribution in [0.3, 0.4) is 0 Å². The number of benzene rings is 1. The Labute approximate surface area is 132 Å². The summed E-state index contributed by atoms with van der Waals surface area (Å²) in [4.78, 5) is 29.0. The number of hydrogen-bond acceptors (Lipinski definition) is 6. The van der Waals surface area contributed by atoms with Crippen molar-refractivity contribution in [1.29, 1.82) is 0 Å². The Bertz CT molecular complexity index is 730. The third-order valence-corrected chi connectivity index (χ3v) is 3.85. The average Bonchev–Trinajstić information content (AvgIpc) is 3.08. The molecule has 2 heterocycles. The normalized spacial score (nSPS) is 18.0. The molecule has 0 unspecified atom stereocenters. The van der Waals surface area contributed by atoms with Crippen LogP contribution in [0, 0.1) is 10.1 Å². The molecule has 0 spiro atoms. The van der Waals surface area contributed by atoms with Gasteiger partial charge in [0.15, 0.2) is 0 Å². The molecule has 23 heavy (non-hydrogen) atoms. The van der Waals surface area contributed by atoms with Gasteiger partial charge in [-0.05, 0) is 19.1 Å². The summed E-state index contributed by atoms with van der Waals surface area (Å²) in [7, 11) is 0. The first-order valence-electron chi connectivity index (χ1n) is 7.23. The number of carbonyl (C=O) groups is 1. The maximum atomic E-state index is 12.6. The molecular weight excluding hydrogens is 300 g/mol. The Balaban J connectivity index is 1.96. The second-order valence-electron chi connectivity index (χ2n) is 5.35. The standard InChI is InChI=1S/C14H16N6O3/c1-10-7-15-4-5-18(10)14(21)11-2-3-12(13(6-11)20(22)23)19-9-16-8-17-19/h2-3,6,8-10,15H,4-5,7H2,1H3/t10-/m0/s1. The highest BCUT2D eigenvalue weighted by Gasteiger charge is 2.26. The molecule has 0 bridgehead atoms. The molecule has 1 N–H and O–H groups in total. The van der Waals surface area contributed by atoms with E-state index in [2.05, 4.69) is 15.4 Å². The van der Waals surface area contributed by atoms with Crippen molar-refractivity contribution in [2.75, 3.05) is 19.6 Å². The smallest absolute Gasteiger partial charge is 0.295 e. The Hall–Kier alpha value is -2.81. The molecule has 2 aromatic rings. The zero-order valence-electron chi connectivity index (χ0n) is 12.5. The number of amides is 1. The first-order chi connectivity index (χ1) is 11.1. The lowest BCUT2D eigenvalue weighted by Crippen LogP contribution is -2.52. The maximum absolute atomic E-state index is 12.6. The van der Waals surface area contributed by atoms with Crippen LogP contribution in [0.2, 0.25) is 0 Å². The van der Waals surface area contributed by atoms with Gasteiger partial charge < -0.3 is 10.2 Å². The lowest BCUT2D eigenvalue weighted by molar-refractivity contribution is -0.384. The van der Waals surface area contributed by atoms with Crippen LogP contribution in [-0.2, 0) is 0 Å². The quantitative estimate of drug-likeness (QED) is 0.657. The second kappa shape index (κ2) is 6.13. The monoisotopic (exact) mass is 316 g/mol. The molecule has 9 heteroatoms. The zero-order valence-corrected chi connectivity index (χ0v) is 12.5. The third kappa shape index (κ3) is 2.90. The number of nitrogens with zero attached hydrogens (tertiary/aromatic N) is 5. The largest absolute Gasteiger partial charge is 0.333 e. The van der Waals surface area contributed by atoms with Crippen LogP contribution in [0.5, 0.6) is 0 Å². The number of nitrogens with one attached hydrogen (secondary N) is 1. The first-order valence-corrected chi connectivity index (χ1v) is 7.23. The van der Waals surface area contributed by atoms with E-state index in [9.17, 15) is 14.9 Å². The van der Waals surface area contributed by atoms with Gasteiger partial charge in [-0.15, -0.1) is 0 Å². The summed E-state index contributed by atoms with van der Waals surface area (Å²) in [5.41, 5.74) is 0.399. The highest BCUT2D eigenvalue weighted by Crippen LogP contribution is 2.24. The molecule has 1 aromatic carbocycles. The van der Waals surface area contributed by atoms with Crippen molar-refractivity contribution in [2.24, 2.45) is 0 Å². The van der Waals surface area contributed by atoms with Crippen molar-refractivity contribution < 1.29 is 9.72 Å². The Morgan fingerprint density at radius 3 is 2.96 bits per heavy atom. The predicted molar refractivity (Wildman–Crippen MR) is 81.4 cm³/mol. The molecule has 1 fully saturated rings. The molecule has 1 aliphatic rings. The fourth-order valence-corrected chi connectivity index (χ4v) is 2.64. The van der Waals surface area contributed by atoms with E-state index in [1.165, 1.54) is 29.5 Å². The summed E-state index contributed by atoms with van der Waals surface area (Å²) in [6.45, 7) is 3.96. The molecule has 1 saturated heterocycles. The molecule has 1 atom stereocenters. The van der Waals surface area contributed by atoms with Crippen LogP contribution in [0.4, 0.5) is 5.69 Å². The number of nitro groups is 1. The van der Waals surface area contributed by atoms with Crippen LogP contribution in [0.1, 0.15) is 17.3 Å². The predicted octanol–water partition coefficient (Wildman–Crippen LogP) is 0.609. The van der Waals surface area contributed by atoms with E-state index in [-0.39, 0.29) is 23.3 Å². The SMILES string of the molecule is C[C@H]1CNCCN1C(=O)c1ccc(-n2cncn2)c([N+](=O)[O-])c1. The lowest BCUT2D eigenvalue weighted by atomic mass is 10.1. The number of nitro benzene ring substituents is 1. The average molecular weight is 316 g/mol. The molecular formula is C14H16N6O3. The number of hydrogen-bond donors (Lipinski definition) is 1. The van der Waals surface area contributed by atoms with E-state index < -0.39 is 4.92 Å². The van der Waals surface area contributed by atoms with Gasteiger partial charge >= 0.3 is 0 Å². The first kappa shape index (κ1) is 15.1. The Morgan fingerprint density at radius 2 is 2.30 bits per heavy atom. The fraction of sp³-hybridized carbons (Fsp3) is 0.357. The Kier molecular flexibility index (Phi) is 4.02. The van der Waals surface area contributed by atoms with Gasteiger partial charge in [0, 0.05) is 37.3 Å². The van der Waals surface area contributed by atoms with Gasteiger partial charge in [-0.1, -0.05) is 0 Å². The van der Waals surface area contributed by atoms with E-state index in [1.54, 1.807) is 11.0 Å². The minimum absolute atomic E-state index is 0.0466. The van der Waals surface area contributed by atoms with Gasteiger partial charge in [-0.25, -0.2) is 9.67 Å². The fourth-order valence-electron chi connectivity index (χ4n) is 2.64. The van der Waals surface area contributed by atoms with Crippen LogP contribution >= 0.6 is 0 Å². The van der Waals surface area contributed by atoms with Crippen LogP contribution in [0.15, 0.2) is 30.9 Å².